The van der Waals surface area contributed by atoms with Crippen molar-refractivity contribution >= 4 is 21.7 Å². The maximum Gasteiger partial charge on any atom is 0.455 e. The molecular formula is C4H2BrF3O. The number of hydrogen-bond donors (Lipinski definition) is 0. The molecule has 52 valence electrons. The predicted octanol–water partition coefficient (Wildman–Crippen LogP) is 2.03. The summed E-state index contributed by atoms with van der Waals surface area (Å²) in [6.45, 7) is 2.77. The highest BCUT2D eigenvalue weighted by Gasteiger charge is 2.39. The van der Waals surface area contributed by atoms with E-state index in [1.54, 1.807) is 0 Å². The molecule has 0 radical (unpaired) electrons. The first-order valence-corrected chi connectivity index (χ1v) is 2.61. The smallest absolute Gasteiger partial charge is 0.283 e. The fourth-order valence-corrected chi connectivity index (χ4v) is 0.379. The van der Waals surface area contributed by atoms with Crippen molar-refractivity contribution in [1.82, 2.24) is 0 Å². The molecule has 0 fully saturated rings. The number of ketones is 1. The normalized spacial score (nSPS) is 11.1. The second-order valence-electron chi connectivity index (χ2n) is 1.23. The summed E-state index contributed by atoms with van der Waals surface area (Å²) >= 11 is 2.31. The van der Waals surface area contributed by atoms with Crippen LogP contribution in [-0.2, 0) is 4.79 Å². The molecule has 0 amide bonds. The highest BCUT2D eigenvalue weighted by molar-refractivity contribution is 9.12. The van der Waals surface area contributed by atoms with Gasteiger partial charge in [-0.3, -0.25) is 4.79 Å². The van der Waals surface area contributed by atoms with Gasteiger partial charge in [0.1, 0.15) is 0 Å². The van der Waals surface area contributed by atoms with Crippen LogP contribution < -0.4 is 0 Å². The number of hydrogen-bond acceptors (Lipinski definition) is 1. The minimum atomic E-state index is -4.80. The van der Waals surface area contributed by atoms with Crippen LogP contribution >= 0.6 is 15.9 Å². The summed E-state index contributed by atoms with van der Waals surface area (Å²) in [5, 5.41) is 0. The maximum absolute atomic E-state index is 11.3. The van der Waals surface area contributed by atoms with E-state index >= 15 is 0 Å². The van der Waals surface area contributed by atoms with Gasteiger partial charge in [-0.25, -0.2) is 0 Å². The van der Waals surface area contributed by atoms with Crippen molar-refractivity contribution in [2.75, 3.05) is 0 Å². The van der Waals surface area contributed by atoms with E-state index in [2.05, 4.69) is 22.5 Å². The van der Waals surface area contributed by atoms with Gasteiger partial charge in [-0.05, 0) is 15.9 Å². The molecule has 0 aromatic rings. The van der Waals surface area contributed by atoms with E-state index in [4.69, 9.17) is 0 Å². The van der Waals surface area contributed by atoms with Crippen LogP contribution in [0.15, 0.2) is 11.1 Å². The van der Waals surface area contributed by atoms with Gasteiger partial charge in [-0.2, -0.15) is 13.2 Å². The molecule has 0 rings (SSSR count). The second-order valence-corrected chi connectivity index (χ2v) is 2.19. The summed E-state index contributed by atoms with van der Waals surface area (Å²) < 4.78 is 33.1. The van der Waals surface area contributed by atoms with E-state index < -0.39 is 16.4 Å². The highest BCUT2D eigenvalue weighted by atomic mass is 79.9. The van der Waals surface area contributed by atoms with Crippen molar-refractivity contribution in [3.63, 3.8) is 0 Å². The molecule has 0 aliphatic rings. The Bertz CT molecular complexity index is 148. The number of rotatable bonds is 1. The molecule has 0 heterocycles. The molecule has 0 unspecified atom stereocenters. The van der Waals surface area contributed by atoms with Crippen molar-refractivity contribution in [3.8, 4) is 0 Å². The average Bonchev–Trinajstić information content (AvgIpc) is 1.62. The summed E-state index contributed by atoms with van der Waals surface area (Å²) in [5.74, 6) is -1.94. The Morgan fingerprint density at radius 2 is 1.78 bits per heavy atom. The Kier molecular flexibility index (Phi) is 2.42. The van der Waals surface area contributed by atoms with E-state index in [1.165, 1.54) is 0 Å². The Morgan fingerprint density at radius 3 is 1.78 bits per heavy atom. The van der Waals surface area contributed by atoms with Crippen LogP contribution in [0.4, 0.5) is 13.2 Å². The summed E-state index contributed by atoms with van der Waals surface area (Å²) in [4.78, 5) is 9.89. The average molecular weight is 203 g/mol. The number of carbonyl (C=O) groups is 1. The van der Waals surface area contributed by atoms with Gasteiger partial charge >= 0.3 is 6.18 Å². The molecule has 0 aromatic heterocycles. The minimum absolute atomic E-state index is 0.671. The number of halogens is 4. The molecule has 0 N–H and O–H groups in total. The molecule has 0 saturated heterocycles. The van der Waals surface area contributed by atoms with Crippen molar-refractivity contribution in [2.24, 2.45) is 0 Å². The van der Waals surface area contributed by atoms with Gasteiger partial charge in [-0.15, -0.1) is 0 Å². The molecular weight excluding hydrogens is 201 g/mol. The topological polar surface area (TPSA) is 17.1 Å². The minimum Gasteiger partial charge on any atom is -0.283 e. The van der Waals surface area contributed by atoms with E-state index in [0.29, 0.717) is 0 Å². The van der Waals surface area contributed by atoms with Crippen molar-refractivity contribution < 1.29 is 18.0 Å². The van der Waals surface area contributed by atoms with Crippen LogP contribution in [0.2, 0.25) is 0 Å². The summed E-state index contributed by atoms with van der Waals surface area (Å²) in [7, 11) is 0. The fourth-order valence-electron chi connectivity index (χ4n) is 0.154. The number of Topliss-reactive ketones (excluding diaryl/α,β-unsaturated/α-hetero) is 1. The van der Waals surface area contributed by atoms with Crippen molar-refractivity contribution in [1.29, 1.82) is 0 Å². The molecule has 1 nitrogen and oxygen atoms in total. The van der Waals surface area contributed by atoms with Crippen LogP contribution in [-0.4, -0.2) is 12.0 Å². The lowest BCUT2D eigenvalue weighted by Gasteiger charge is -2.00. The lowest BCUT2D eigenvalue weighted by Crippen LogP contribution is -2.21. The lowest BCUT2D eigenvalue weighted by molar-refractivity contribution is -0.165. The van der Waals surface area contributed by atoms with Gasteiger partial charge in [-0.1, -0.05) is 6.58 Å². The van der Waals surface area contributed by atoms with Gasteiger partial charge in [0.05, 0.1) is 4.48 Å². The van der Waals surface area contributed by atoms with E-state index in [-0.39, 0.29) is 0 Å². The van der Waals surface area contributed by atoms with E-state index in [9.17, 15) is 18.0 Å². The molecule has 0 spiro atoms. The van der Waals surface area contributed by atoms with Gasteiger partial charge in [0.15, 0.2) is 0 Å². The lowest BCUT2D eigenvalue weighted by atomic mass is 10.4. The Balaban J connectivity index is 4.23. The van der Waals surface area contributed by atoms with Crippen LogP contribution in [0.5, 0.6) is 0 Å². The number of carbonyl (C=O) groups excluding carboxylic acids is 1. The van der Waals surface area contributed by atoms with Crippen LogP contribution in [0.25, 0.3) is 0 Å². The van der Waals surface area contributed by atoms with Gasteiger partial charge in [0.2, 0.25) is 0 Å². The van der Waals surface area contributed by atoms with E-state index in [1.807, 2.05) is 0 Å². The van der Waals surface area contributed by atoms with Crippen LogP contribution in [0.3, 0.4) is 0 Å². The van der Waals surface area contributed by atoms with Gasteiger partial charge < -0.3 is 0 Å². The zero-order valence-corrected chi connectivity index (χ0v) is 5.71. The summed E-state index contributed by atoms with van der Waals surface area (Å²) in [5.41, 5.74) is 0. The molecule has 9 heavy (non-hydrogen) atoms. The molecule has 5 heteroatoms. The first kappa shape index (κ1) is 8.68. The molecule has 0 bridgehead atoms. The van der Waals surface area contributed by atoms with E-state index in [0.717, 1.165) is 0 Å². The summed E-state index contributed by atoms with van der Waals surface area (Å²) in [6, 6.07) is 0. The maximum atomic E-state index is 11.3. The molecule has 0 atom stereocenters. The Morgan fingerprint density at radius 1 is 1.44 bits per heavy atom. The number of allylic oxidation sites excluding steroid dienone is 1. The monoisotopic (exact) mass is 202 g/mol. The van der Waals surface area contributed by atoms with Crippen LogP contribution in [0.1, 0.15) is 0 Å². The zero-order valence-electron chi connectivity index (χ0n) is 4.13. The standard InChI is InChI=1S/C4H2BrF3O/c1-2(5)3(9)4(6,7)8/h1H2. The Labute approximate surface area is 57.7 Å². The quantitative estimate of drug-likeness (QED) is 0.595. The van der Waals surface area contributed by atoms with Crippen molar-refractivity contribution in [2.45, 2.75) is 6.18 Å². The van der Waals surface area contributed by atoms with Gasteiger partial charge in [0.25, 0.3) is 5.78 Å². The highest BCUT2D eigenvalue weighted by Crippen LogP contribution is 2.22. The largest absolute Gasteiger partial charge is 0.455 e. The first-order valence-electron chi connectivity index (χ1n) is 1.81. The Hall–Kier alpha value is -0.320. The van der Waals surface area contributed by atoms with Gasteiger partial charge in [0, 0.05) is 0 Å². The van der Waals surface area contributed by atoms with Crippen molar-refractivity contribution in [3.05, 3.63) is 11.1 Å². The van der Waals surface area contributed by atoms with Crippen LogP contribution in [0, 0.1) is 0 Å². The first-order chi connectivity index (χ1) is 3.85. The fraction of sp³-hybridized carbons (Fsp3) is 0.250. The molecule has 0 saturated carbocycles. The third-order valence-corrected chi connectivity index (χ3v) is 0.864. The summed E-state index contributed by atoms with van der Waals surface area (Å²) in [6.07, 6.45) is -4.80. The third-order valence-electron chi connectivity index (χ3n) is 0.504. The zero-order chi connectivity index (χ0) is 7.65. The number of alkyl halides is 3. The second kappa shape index (κ2) is 2.51. The SMILES string of the molecule is C=C(Br)C(=O)C(F)(F)F. The third kappa shape index (κ3) is 2.64. The molecule has 0 aliphatic carbocycles. The predicted molar refractivity (Wildman–Crippen MR) is 29.1 cm³/mol. The molecule has 0 aromatic carbocycles. The molecule has 0 aliphatic heterocycles.